The van der Waals surface area contributed by atoms with Crippen LogP contribution in [0.1, 0.15) is 25.0 Å². The molecule has 0 saturated heterocycles. The van der Waals surface area contributed by atoms with Crippen LogP contribution in [0.4, 0.5) is 0 Å². The van der Waals surface area contributed by atoms with Crippen LogP contribution in [0.2, 0.25) is 0 Å². The lowest BCUT2D eigenvalue weighted by molar-refractivity contribution is -0.142. The van der Waals surface area contributed by atoms with Crippen LogP contribution in [0.5, 0.6) is 0 Å². The summed E-state index contributed by atoms with van der Waals surface area (Å²) in [4.78, 5) is 57.2. The number of carbonyl (C=O) groups is 4. The molecule has 0 aliphatic heterocycles. The van der Waals surface area contributed by atoms with Crippen LogP contribution in [-0.2, 0) is 32.0 Å². The zero-order chi connectivity index (χ0) is 30.4. The summed E-state index contributed by atoms with van der Waals surface area (Å²) < 4.78 is 0. The van der Waals surface area contributed by atoms with E-state index in [2.05, 4.69) is 25.9 Å². The van der Waals surface area contributed by atoms with Crippen LogP contribution in [-0.4, -0.2) is 74.6 Å². The van der Waals surface area contributed by atoms with Crippen molar-refractivity contribution < 1.29 is 29.4 Å². The highest BCUT2D eigenvalue weighted by atomic mass is 16.4. The molecule has 4 atom stereocenters. The molecule has 0 saturated carbocycles. The predicted octanol–water partition coefficient (Wildman–Crippen LogP) is 0.949. The van der Waals surface area contributed by atoms with E-state index in [9.17, 15) is 29.4 Å². The van der Waals surface area contributed by atoms with Crippen molar-refractivity contribution in [2.75, 3.05) is 6.61 Å². The number of nitrogens with two attached hydrogens (primary N) is 1. The number of hydrogen-bond acceptors (Lipinski definition) is 6. The van der Waals surface area contributed by atoms with E-state index in [1.165, 1.54) is 0 Å². The number of aliphatic hydroxyl groups excluding tert-OH is 1. The van der Waals surface area contributed by atoms with Crippen LogP contribution in [0, 0.1) is 5.92 Å². The minimum absolute atomic E-state index is 0.0177. The second-order valence-corrected chi connectivity index (χ2v) is 10.6. The third kappa shape index (κ3) is 6.96. The van der Waals surface area contributed by atoms with Crippen molar-refractivity contribution in [3.05, 3.63) is 72.1 Å². The lowest BCUT2D eigenvalue weighted by Gasteiger charge is -2.26. The number of rotatable bonds is 13. The molecular formula is C30H36N6O6. The molecule has 0 bridgehead atoms. The van der Waals surface area contributed by atoms with Gasteiger partial charge in [-0.15, -0.1) is 0 Å². The largest absolute Gasteiger partial charge is 0.480 e. The lowest BCUT2D eigenvalue weighted by Crippen LogP contribution is -2.59. The number of aromatic amines is 2. The summed E-state index contributed by atoms with van der Waals surface area (Å²) in [6, 6.07) is 10.2. The molecule has 222 valence electrons. The zero-order valence-corrected chi connectivity index (χ0v) is 23.4. The van der Waals surface area contributed by atoms with Gasteiger partial charge in [0.15, 0.2) is 0 Å². The fourth-order valence-corrected chi connectivity index (χ4v) is 4.87. The van der Waals surface area contributed by atoms with E-state index in [0.29, 0.717) is 5.56 Å². The predicted molar refractivity (Wildman–Crippen MR) is 157 cm³/mol. The topological polar surface area (TPSA) is 202 Å². The van der Waals surface area contributed by atoms with Gasteiger partial charge >= 0.3 is 5.97 Å². The Labute approximate surface area is 242 Å². The van der Waals surface area contributed by atoms with Gasteiger partial charge in [-0.1, -0.05) is 50.2 Å². The summed E-state index contributed by atoms with van der Waals surface area (Å²) in [7, 11) is 0. The molecule has 3 amide bonds. The molecule has 0 radical (unpaired) electrons. The third-order valence-corrected chi connectivity index (χ3v) is 7.23. The molecule has 12 nitrogen and oxygen atoms in total. The van der Waals surface area contributed by atoms with Crippen LogP contribution < -0.4 is 21.7 Å². The zero-order valence-electron chi connectivity index (χ0n) is 23.4. The molecule has 4 unspecified atom stereocenters. The summed E-state index contributed by atoms with van der Waals surface area (Å²) in [6.45, 7) is 2.65. The average molecular weight is 577 g/mol. The van der Waals surface area contributed by atoms with E-state index in [1.54, 1.807) is 26.2 Å². The van der Waals surface area contributed by atoms with E-state index in [1.807, 2.05) is 48.5 Å². The fourth-order valence-electron chi connectivity index (χ4n) is 4.87. The molecule has 0 aliphatic carbocycles. The quantitative estimate of drug-likeness (QED) is 0.116. The van der Waals surface area contributed by atoms with Gasteiger partial charge in [0, 0.05) is 40.6 Å². The molecule has 2 aromatic heterocycles. The van der Waals surface area contributed by atoms with Gasteiger partial charge in [-0.2, -0.15) is 0 Å². The van der Waals surface area contributed by atoms with Gasteiger partial charge in [0.25, 0.3) is 0 Å². The molecule has 0 aliphatic rings. The van der Waals surface area contributed by atoms with Crippen molar-refractivity contribution >= 4 is 45.5 Å². The maximum absolute atomic E-state index is 13.1. The monoisotopic (exact) mass is 576 g/mol. The molecule has 4 aromatic rings. The number of nitrogens with one attached hydrogen (secondary N) is 5. The van der Waals surface area contributed by atoms with Gasteiger partial charge in [-0.3, -0.25) is 14.4 Å². The fraction of sp³-hybridized carbons (Fsp3) is 0.333. The number of carboxylic acids is 1. The second-order valence-electron chi connectivity index (χ2n) is 10.6. The van der Waals surface area contributed by atoms with Gasteiger partial charge in [-0.05, 0) is 35.6 Å². The SMILES string of the molecule is CC(C)C(NC(=O)C(N)Cc1c[nH]c2ccccc12)C(=O)NC(CO)C(=O)NC(Cc1c[nH]c2ccccc12)C(=O)O. The summed E-state index contributed by atoms with van der Waals surface area (Å²) >= 11 is 0. The number of aliphatic carboxylic acids is 1. The van der Waals surface area contributed by atoms with Gasteiger partial charge in [-0.25, -0.2) is 4.79 Å². The summed E-state index contributed by atoms with van der Waals surface area (Å²) in [6.07, 6.45) is 3.68. The van der Waals surface area contributed by atoms with Crippen molar-refractivity contribution in [3.63, 3.8) is 0 Å². The highest BCUT2D eigenvalue weighted by molar-refractivity contribution is 5.95. The molecule has 42 heavy (non-hydrogen) atoms. The summed E-state index contributed by atoms with van der Waals surface area (Å²) in [5.74, 6) is -3.79. The van der Waals surface area contributed by atoms with Crippen molar-refractivity contribution in [1.29, 1.82) is 0 Å². The number of para-hydroxylation sites is 2. The molecule has 12 heteroatoms. The maximum atomic E-state index is 13.1. The first-order valence-corrected chi connectivity index (χ1v) is 13.7. The molecule has 0 fully saturated rings. The number of carbonyl (C=O) groups excluding carboxylic acids is 3. The van der Waals surface area contributed by atoms with E-state index in [-0.39, 0.29) is 18.8 Å². The first-order valence-electron chi connectivity index (χ1n) is 13.7. The van der Waals surface area contributed by atoms with Gasteiger partial charge in [0.2, 0.25) is 17.7 Å². The molecule has 4 rings (SSSR count). The standard InChI is InChI=1S/C30H36N6O6/c1-16(2)26(36-27(38)21(31)11-17-13-32-22-9-5-3-7-19(17)22)29(40)35-25(15-37)28(39)34-24(30(41)42)12-18-14-33-23-10-6-4-8-20(18)23/h3-10,13-14,16,21,24-26,32-33,37H,11-12,15,31H2,1-2H3,(H,34,39)(H,35,40)(H,36,38)(H,41,42). The average Bonchev–Trinajstić information content (AvgIpc) is 3.57. The Kier molecular flexibility index (Phi) is 9.60. The van der Waals surface area contributed by atoms with Crippen LogP contribution in [0.25, 0.3) is 21.8 Å². The Hall–Kier alpha value is -4.68. The Balaban J connectivity index is 1.38. The third-order valence-electron chi connectivity index (χ3n) is 7.23. The lowest BCUT2D eigenvalue weighted by atomic mass is 10.0. The Bertz CT molecular complexity index is 1580. The smallest absolute Gasteiger partial charge is 0.326 e. The number of hydrogen-bond donors (Lipinski definition) is 8. The van der Waals surface area contributed by atoms with E-state index in [0.717, 1.165) is 27.4 Å². The number of H-pyrrole nitrogens is 2. The minimum atomic E-state index is -1.44. The molecule has 0 spiro atoms. The van der Waals surface area contributed by atoms with Crippen molar-refractivity contribution in [3.8, 4) is 0 Å². The normalized spacial score (nSPS) is 14.3. The molecular weight excluding hydrogens is 540 g/mol. The number of carboxylic acid groups (broad SMARTS) is 1. The van der Waals surface area contributed by atoms with Crippen molar-refractivity contribution in [2.24, 2.45) is 11.7 Å². The number of fused-ring (bicyclic) bond motifs is 2. The molecule has 2 heterocycles. The van der Waals surface area contributed by atoms with Gasteiger partial charge in [0.05, 0.1) is 12.6 Å². The van der Waals surface area contributed by atoms with E-state index < -0.39 is 54.5 Å². The van der Waals surface area contributed by atoms with Crippen LogP contribution in [0.3, 0.4) is 0 Å². The molecule has 9 N–H and O–H groups in total. The van der Waals surface area contributed by atoms with Gasteiger partial charge in [0.1, 0.15) is 18.1 Å². The highest BCUT2D eigenvalue weighted by Crippen LogP contribution is 2.20. The number of amides is 3. The minimum Gasteiger partial charge on any atom is -0.480 e. The summed E-state index contributed by atoms with van der Waals surface area (Å²) in [5.41, 5.74) is 9.47. The summed E-state index contributed by atoms with van der Waals surface area (Å²) in [5, 5.41) is 28.9. The first-order chi connectivity index (χ1) is 20.1. The van der Waals surface area contributed by atoms with E-state index in [4.69, 9.17) is 5.73 Å². The number of aliphatic hydroxyl groups is 1. The van der Waals surface area contributed by atoms with E-state index >= 15 is 0 Å². The van der Waals surface area contributed by atoms with Crippen LogP contribution in [0.15, 0.2) is 60.9 Å². The Morgan fingerprint density at radius 1 is 0.762 bits per heavy atom. The van der Waals surface area contributed by atoms with Crippen LogP contribution >= 0.6 is 0 Å². The first kappa shape index (κ1) is 30.3. The maximum Gasteiger partial charge on any atom is 0.326 e. The van der Waals surface area contributed by atoms with Crippen molar-refractivity contribution in [1.82, 2.24) is 25.9 Å². The number of aromatic nitrogens is 2. The second kappa shape index (κ2) is 13.3. The Morgan fingerprint density at radius 3 is 1.81 bits per heavy atom. The Morgan fingerprint density at radius 2 is 1.29 bits per heavy atom. The molecule has 2 aromatic carbocycles. The van der Waals surface area contributed by atoms with Gasteiger partial charge < -0.3 is 41.9 Å². The highest BCUT2D eigenvalue weighted by Gasteiger charge is 2.32. The van der Waals surface area contributed by atoms with Crippen molar-refractivity contribution in [2.45, 2.75) is 50.9 Å². The number of benzene rings is 2.